The summed E-state index contributed by atoms with van der Waals surface area (Å²) in [6.45, 7) is 3.01. The van der Waals surface area contributed by atoms with E-state index < -0.39 is 0 Å². The number of hydrogen-bond acceptors (Lipinski definition) is 6. The zero-order chi connectivity index (χ0) is 19.5. The molecule has 8 heteroatoms. The molecule has 1 aliphatic rings. The molecule has 0 unspecified atom stereocenters. The highest BCUT2D eigenvalue weighted by Gasteiger charge is 2.31. The highest BCUT2D eigenvalue weighted by Crippen LogP contribution is 2.28. The molecule has 3 aromatic rings. The summed E-state index contributed by atoms with van der Waals surface area (Å²) in [6.07, 6.45) is 4.67. The van der Waals surface area contributed by atoms with Crippen LogP contribution >= 0.6 is 0 Å². The molecule has 0 spiro atoms. The third kappa shape index (κ3) is 3.90. The predicted molar refractivity (Wildman–Crippen MR) is 98.7 cm³/mol. The molecule has 1 aliphatic heterocycles. The molecule has 1 aromatic carbocycles. The number of aryl methyl sites for hydroxylation is 2. The normalized spacial score (nSPS) is 16.5. The summed E-state index contributed by atoms with van der Waals surface area (Å²) < 4.78 is 19.5. The van der Waals surface area contributed by atoms with Gasteiger partial charge in [-0.05, 0) is 31.4 Å². The van der Waals surface area contributed by atoms with E-state index in [1.165, 1.54) is 6.07 Å². The third-order valence-electron chi connectivity index (χ3n) is 4.90. The molecule has 0 saturated carbocycles. The van der Waals surface area contributed by atoms with Crippen LogP contribution in [0.1, 0.15) is 35.9 Å². The van der Waals surface area contributed by atoms with Crippen molar-refractivity contribution in [1.29, 1.82) is 0 Å². The molecule has 0 N–H and O–H groups in total. The van der Waals surface area contributed by atoms with Crippen LogP contribution in [0.5, 0.6) is 0 Å². The van der Waals surface area contributed by atoms with Gasteiger partial charge >= 0.3 is 0 Å². The molecule has 28 heavy (non-hydrogen) atoms. The number of aromatic nitrogens is 4. The first-order valence-corrected chi connectivity index (χ1v) is 9.24. The van der Waals surface area contributed by atoms with Crippen molar-refractivity contribution < 1.29 is 13.6 Å². The Morgan fingerprint density at radius 3 is 2.89 bits per heavy atom. The van der Waals surface area contributed by atoms with Gasteiger partial charge in [-0.15, -0.1) is 10.2 Å². The molecule has 3 heterocycles. The zero-order valence-corrected chi connectivity index (χ0v) is 15.5. The van der Waals surface area contributed by atoms with Crippen LogP contribution in [0.3, 0.4) is 0 Å². The number of nitrogens with zero attached hydrogens (tertiary/aromatic N) is 5. The van der Waals surface area contributed by atoms with Crippen molar-refractivity contribution in [1.82, 2.24) is 25.1 Å². The van der Waals surface area contributed by atoms with Crippen LogP contribution in [0.25, 0.3) is 11.6 Å². The van der Waals surface area contributed by atoms with E-state index in [-0.39, 0.29) is 24.1 Å². The van der Waals surface area contributed by atoms with Crippen LogP contribution in [-0.4, -0.2) is 44.1 Å². The first-order chi connectivity index (χ1) is 13.6. The van der Waals surface area contributed by atoms with Crippen LogP contribution in [0, 0.1) is 12.7 Å². The molecule has 4 rings (SSSR count). The Bertz CT molecular complexity index is 973. The minimum absolute atomic E-state index is 0.00271. The smallest absolute Gasteiger partial charge is 0.267 e. The van der Waals surface area contributed by atoms with E-state index in [2.05, 4.69) is 20.2 Å². The maximum Gasteiger partial charge on any atom is 0.267 e. The number of rotatable bonds is 5. The Morgan fingerprint density at radius 2 is 2.11 bits per heavy atom. The fourth-order valence-electron chi connectivity index (χ4n) is 3.30. The fraction of sp³-hybridized carbons (Fsp3) is 0.350. The Hall–Kier alpha value is -3.16. The maximum atomic E-state index is 13.7. The molecule has 0 radical (unpaired) electrons. The van der Waals surface area contributed by atoms with Gasteiger partial charge in [-0.25, -0.2) is 9.37 Å². The summed E-state index contributed by atoms with van der Waals surface area (Å²) in [5, 5.41) is 8.18. The number of halogens is 1. The topological polar surface area (TPSA) is 85.0 Å². The minimum atomic E-state index is -0.271. The lowest BCUT2D eigenvalue weighted by molar-refractivity contribution is -0.130. The average Bonchev–Trinajstić information content (AvgIpc) is 3.37. The van der Waals surface area contributed by atoms with E-state index >= 15 is 0 Å². The van der Waals surface area contributed by atoms with E-state index in [1.807, 2.05) is 6.92 Å². The van der Waals surface area contributed by atoms with Gasteiger partial charge in [-0.1, -0.05) is 18.2 Å². The number of hydrogen-bond donors (Lipinski definition) is 0. The van der Waals surface area contributed by atoms with Crippen LogP contribution in [0.4, 0.5) is 4.39 Å². The number of carbonyl (C=O) groups excluding carboxylic acids is 1. The average molecular weight is 381 g/mol. The maximum absolute atomic E-state index is 13.7. The lowest BCUT2D eigenvalue weighted by Gasteiger charge is -2.15. The van der Waals surface area contributed by atoms with Crippen LogP contribution < -0.4 is 0 Å². The quantitative estimate of drug-likeness (QED) is 0.676. The van der Waals surface area contributed by atoms with E-state index in [1.54, 1.807) is 35.5 Å². The SMILES string of the molecule is Cc1cnc(-c2nnc([C@@H]3CCN(C(=O)CCc4ccccc4F)C3)o2)cn1. The molecule has 0 aliphatic carbocycles. The molecule has 1 amide bonds. The van der Waals surface area contributed by atoms with Gasteiger partial charge in [0.05, 0.1) is 17.8 Å². The lowest BCUT2D eigenvalue weighted by Crippen LogP contribution is -2.28. The van der Waals surface area contributed by atoms with Gasteiger partial charge in [0.2, 0.25) is 11.8 Å². The molecule has 7 nitrogen and oxygen atoms in total. The second kappa shape index (κ2) is 7.84. The Balaban J connectivity index is 1.35. The van der Waals surface area contributed by atoms with Gasteiger partial charge < -0.3 is 9.32 Å². The van der Waals surface area contributed by atoms with Gasteiger partial charge in [-0.2, -0.15) is 0 Å². The van der Waals surface area contributed by atoms with Crippen LogP contribution in [0.15, 0.2) is 41.1 Å². The molecule has 2 aromatic heterocycles. The molecule has 1 atom stereocenters. The van der Waals surface area contributed by atoms with Crippen molar-refractivity contribution in [2.45, 2.75) is 32.1 Å². The van der Waals surface area contributed by atoms with Crippen molar-refractivity contribution in [3.63, 3.8) is 0 Å². The summed E-state index contributed by atoms with van der Waals surface area (Å²) in [4.78, 5) is 22.7. The number of carbonyl (C=O) groups is 1. The summed E-state index contributed by atoms with van der Waals surface area (Å²) in [5.41, 5.74) is 1.90. The number of amides is 1. The van der Waals surface area contributed by atoms with E-state index in [9.17, 15) is 9.18 Å². The van der Waals surface area contributed by atoms with Gasteiger partial charge in [0.25, 0.3) is 5.89 Å². The van der Waals surface area contributed by atoms with Crippen molar-refractivity contribution in [2.24, 2.45) is 0 Å². The van der Waals surface area contributed by atoms with Gasteiger partial charge in [0.15, 0.2) is 0 Å². The van der Waals surface area contributed by atoms with Crippen molar-refractivity contribution >= 4 is 5.91 Å². The second-order valence-corrected chi connectivity index (χ2v) is 6.91. The molecular weight excluding hydrogens is 361 g/mol. The molecule has 144 valence electrons. The van der Waals surface area contributed by atoms with Gasteiger partial charge in [0, 0.05) is 25.7 Å². The van der Waals surface area contributed by atoms with Gasteiger partial charge in [-0.3, -0.25) is 9.78 Å². The highest BCUT2D eigenvalue weighted by molar-refractivity contribution is 5.76. The number of benzene rings is 1. The highest BCUT2D eigenvalue weighted by atomic mass is 19.1. The Morgan fingerprint density at radius 1 is 1.25 bits per heavy atom. The summed E-state index contributed by atoms with van der Waals surface area (Å²) >= 11 is 0. The molecular formula is C20H20FN5O2. The summed E-state index contributed by atoms with van der Waals surface area (Å²) in [7, 11) is 0. The van der Waals surface area contributed by atoms with Crippen molar-refractivity contribution in [3.8, 4) is 11.6 Å². The van der Waals surface area contributed by atoms with E-state index in [0.29, 0.717) is 42.5 Å². The standard InChI is InChI=1S/C20H20FN5O2/c1-13-10-23-17(11-22-13)20-25-24-19(28-20)15-8-9-26(12-15)18(27)7-6-14-4-2-3-5-16(14)21/h2-5,10-11,15H,6-9,12H2,1H3/t15-/m1/s1. The summed E-state index contributed by atoms with van der Waals surface area (Å²) in [5.74, 6) is 0.563. The van der Waals surface area contributed by atoms with E-state index in [4.69, 9.17) is 4.42 Å². The van der Waals surface area contributed by atoms with E-state index in [0.717, 1.165) is 12.1 Å². The minimum Gasteiger partial charge on any atom is -0.419 e. The Labute approximate surface area is 161 Å². The van der Waals surface area contributed by atoms with Crippen LogP contribution in [-0.2, 0) is 11.2 Å². The largest absolute Gasteiger partial charge is 0.419 e. The number of likely N-dealkylation sites (tertiary alicyclic amines) is 1. The van der Waals surface area contributed by atoms with Gasteiger partial charge in [0.1, 0.15) is 11.5 Å². The summed E-state index contributed by atoms with van der Waals surface area (Å²) in [6, 6.07) is 6.55. The second-order valence-electron chi connectivity index (χ2n) is 6.91. The zero-order valence-electron chi connectivity index (χ0n) is 15.5. The molecule has 1 fully saturated rings. The Kier molecular flexibility index (Phi) is 5.10. The molecule has 0 bridgehead atoms. The molecule has 1 saturated heterocycles. The van der Waals surface area contributed by atoms with Crippen molar-refractivity contribution in [2.75, 3.05) is 13.1 Å². The third-order valence-corrected chi connectivity index (χ3v) is 4.90. The monoisotopic (exact) mass is 381 g/mol. The van der Waals surface area contributed by atoms with Crippen LogP contribution in [0.2, 0.25) is 0 Å². The lowest BCUT2D eigenvalue weighted by atomic mass is 10.1. The predicted octanol–water partition coefficient (Wildman–Crippen LogP) is 2.92. The first kappa shape index (κ1) is 18.2. The van der Waals surface area contributed by atoms with Crippen molar-refractivity contribution in [3.05, 3.63) is 59.6 Å². The fourth-order valence-corrected chi connectivity index (χ4v) is 3.30. The first-order valence-electron chi connectivity index (χ1n) is 9.24.